The van der Waals surface area contributed by atoms with Gasteiger partial charge in [-0.2, -0.15) is 0 Å². The Kier molecular flexibility index (Phi) is 5.13. The SMILES string of the molecule is CNC(=O)OC(C)c1cc(OC)c(OC)cc1[N+](=O)[O-]. The van der Waals surface area contributed by atoms with Crippen LogP contribution in [0.4, 0.5) is 10.5 Å². The molecule has 0 fully saturated rings. The van der Waals surface area contributed by atoms with E-state index >= 15 is 0 Å². The Balaban J connectivity index is 3.28. The Bertz CT molecular complexity index is 517. The summed E-state index contributed by atoms with van der Waals surface area (Å²) in [5.41, 5.74) is 0.00954. The van der Waals surface area contributed by atoms with E-state index in [0.717, 1.165) is 0 Å². The molecule has 1 N–H and O–H groups in total. The van der Waals surface area contributed by atoms with E-state index in [1.54, 1.807) is 0 Å². The second-order valence-electron chi connectivity index (χ2n) is 3.82. The number of ether oxygens (including phenoxy) is 3. The number of nitro groups is 1. The molecular weight excluding hydrogens is 268 g/mol. The number of carbonyl (C=O) groups is 1. The Morgan fingerprint density at radius 2 is 1.85 bits per heavy atom. The summed E-state index contributed by atoms with van der Waals surface area (Å²) in [5.74, 6) is 0.551. The second kappa shape index (κ2) is 6.60. The standard InChI is InChI=1S/C12H16N2O6/c1-7(20-12(15)13-2)8-5-10(18-3)11(19-4)6-9(8)14(16)17/h5-7H,1-4H3,(H,13,15). The number of rotatable bonds is 5. The van der Waals surface area contributed by atoms with Crippen molar-refractivity contribution in [2.24, 2.45) is 0 Å². The van der Waals surface area contributed by atoms with Crippen LogP contribution < -0.4 is 14.8 Å². The van der Waals surface area contributed by atoms with E-state index in [9.17, 15) is 14.9 Å². The minimum atomic E-state index is -0.810. The average molecular weight is 284 g/mol. The van der Waals surface area contributed by atoms with Gasteiger partial charge in [-0.15, -0.1) is 0 Å². The third-order valence-corrected chi connectivity index (χ3v) is 2.66. The second-order valence-corrected chi connectivity index (χ2v) is 3.82. The minimum absolute atomic E-state index is 0.209. The van der Waals surface area contributed by atoms with Gasteiger partial charge < -0.3 is 19.5 Å². The lowest BCUT2D eigenvalue weighted by Gasteiger charge is -2.15. The van der Waals surface area contributed by atoms with E-state index < -0.39 is 17.1 Å². The van der Waals surface area contributed by atoms with Crippen LogP contribution in [0, 0.1) is 10.1 Å². The van der Waals surface area contributed by atoms with Crippen LogP contribution in [0.25, 0.3) is 0 Å². The topological polar surface area (TPSA) is 99.9 Å². The predicted molar refractivity (Wildman–Crippen MR) is 70.2 cm³/mol. The first-order valence-electron chi connectivity index (χ1n) is 5.73. The molecule has 0 heterocycles. The molecule has 0 aliphatic rings. The molecular formula is C12H16N2O6. The summed E-state index contributed by atoms with van der Waals surface area (Å²) < 4.78 is 15.1. The lowest BCUT2D eigenvalue weighted by atomic mass is 10.1. The van der Waals surface area contributed by atoms with Crippen LogP contribution in [0.15, 0.2) is 12.1 Å². The van der Waals surface area contributed by atoms with Gasteiger partial charge in [0.1, 0.15) is 6.10 Å². The fourth-order valence-corrected chi connectivity index (χ4v) is 1.65. The van der Waals surface area contributed by atoms with Crippen LogP contribution in [0.2, 0.25) is 0 Å². The number of nitrogens with zero attached hydrogens (tertiary/aromatic N) is 1. The lowest BCUT2D eigenvalue weighted by molar-refractivity contribution is -0.386. The van der Waals surface area contributed by atoms with E-state index in [1.165, 1.54) is 40.3 Å². The van der Waals surface area contributed by atoms with Gasteiger partial charge >= 0.3 is 6.09 Å². The molecule has 0 aromatic heterocycles. The monoisotopic (exact) mass is 284 g/mol. The average Bonchev–Trinajstić information content (AvgIpc) is 2.45. The summed E-state index contributed by atoms with van der Waals surface area (Å²) in [4.78, 5) is 21.7. The highest BCUT2D eigenvalue weighted by atomic mass is 16.6. The molecule has 1 aromatic rings. The number of amides is 1. The molecule has 0 saturated heterocycles. The molecule has 0 radical (unpaired) electrons. The molecule has 1 unspecified atom stereocenters. The number of carbonyl (C=O) groups excluding carboxylic acids is 1. The summed E-state index contributed by atoms with van der Waals surface area (Å²) in [5, 5.41) is 13.4. The van der Waals surface area contributed by atoms with Crippen molar-refractivity contribution in [3.63, 3.8) is 0 Å². The van der Waals surface area contributed by atoms with Gasteiger partial charge in [-0.25, -0.2) is 4.79 Å². The maximum Gasteiger partial charge on any atom is 0.407 e. The molecule has 1 atom stereocenters. The van der Waals surface area contributed by atoms with Gasteiger partial charge in [0.25, 0.3) is 5.69 Å². The largest absolute Gasteiger partial charge is 0.493 e. The molecule has 110 valence electrons. The zero-order valence-corrected chi connectivity index (χ0v) is 11.6. The van der Waals surface area contributed by atoms with Gasteiger partial charge in [0.2, 0.25) is 0 Å². The Labute approximate surface area is 115 Å². The fourth-order valence-electron chi connectivity index (χ4n) is 1.65. The molecule has 8 nitrogen and oxygen atoms in total. The van der Waals surface area contributed by atoms with Crippen molar-refractivity contribution in [2.75, 3.05) is 21.3 Å². The van der Waals surface area contributed by atoms with E-state index in [1.807, 2.05) is 0 Å². The Morgan fingerprint density at radius 1 is 1.30 bits per heavy atom. The van der Waals surface area contributed by atoms with Crippen LogP contribution in [0.3, 0.4) is 0 Å². The number of hydrogen-bond donors (Lipinski definition) is 1. The number of methoxy groups -OCH3 is 2. The van der Waals surface area contributed by atoms with Gasteiger partial charge in [-0.1, -0.05) is 0 Å². The number of nitro benzene ring substituents is 1. The Hall–Kier alpha value is -2.51. The molecule has 0 aliphatic carbocycles. The summed E-state index contributed by atoms with van der Waals surface area (Å²) in [6, 6.07) is 2.66. The summed E-state index contributed by atoms with van der Waals surface area (Å²) in [6.07, 6.45) is -1.49. The predicted octanol–water partition coefficient (Wildman–Crippen LogP) is 2.03. The third kappa shape index (κ3) is 3.28. The quantitative estimate of drug-likeness (QED) is 0.656. The minimum Gasteiger partial charge on any atom is -0.493 e. The summed E-state index contributed by atoms with van der Waals surface area (Å²) in [7, 11) is 4.20. The van der Waals surface area contributed by atoms with Gasteiger partial charge in [0, 0.05) is 7.05 Å². The van der Waals surface area contributed by atoms with Gasteiger partial charge in [0.15, 0.2) is 11.5 Å². The zero-order chi connectivity index (χ0) is 15.3. The highest BCUT2D eigenvalue weighted by Gasteiger charge is 2.25. The van der Waals surface area contributed by atoms with E-state index in [-0.39, 0.29) is 17.0 Å². The molecule has 1 amide bonds. The first-order chi connectivity index (χ1) is 9.44. The molecule has 1 aromatic carbocycles. The van der Waals surface area contributed by atoms with Gasteiger partial charge in [-0.3, -0.25) is 10.1 Å². The molecule has 8 heteroatoms. The van der Waals surface area contributed by atoms with Crippen molar-refractivity contribution in [1.29, 1.82) is 0 Å². The van der Waals surface area contributed by atoms with Crippen LogP contribution in [-0.2, 0) is 4.74 Å². The van der Waals surface area contributed by atoms with Crippen molar-refractivity contribution in [1.82, 2.24) is 5.32 Å². The summed E-state index contributed by atoms with van der Waals surface area (Å²) >= 11 is 0. The molecule has 20 heavy (non-hydrogen) atoms. The highest BCUT2D eigenvalue weighted by molar-refractivity contribution is 5.67. The Morgan fingerprint density at radius 3 is 2.30 bits per heavy atom. The summed E-state index contributed by atoms with van der Waals surface area (Å²) in [6.45, 7) is 1.53. The zero-order valence-electron chi connectivity index (χ0n) is 11.6. The molecule has 0 aliphatic heterocycles. The third-order valence-electron chi connectivity index (χ3n) is 2.66. The molecule has 0 saturated carbocycles. The highest BCUT2D eigenvalue weighted by Crippen LogP contribution is 2.38. The van der Waals surface area contributed by atoms with E-state index in [0.29, 0.717) is 5.75 Å². The van der Waals surface area contributed by atoms with Crippen molar-refractivity contribution in [3.05, 3.63) is 27.8 Å². The number of benzene rings is 1. The maximum atomic E-state index is 11.2. The maximum absolute atomic E-state index is 11.2. The first kappa shape index (κ1) is 15.5. The molecule has 1 rings (SSSR count). The van der Waals surface area contributed by atoms with Crippen molar-refractivity contribution >= 4 is 11.8 Å². The van der Waals surface area contributed by atoms with Crippen LogP contribution in [-0.4, -0.2) is 32.3 Å². The van der Waals surface area contributed by atoms with Crippen molar-refractivity contribution < 1.29 is 23.9 Å². The smallest absolute Gasteiger partial charge is 0.407 e. The van der Waals surface area contributed by atoms with Gasteiger partial charge in [-0.05, 0) is 13.0 Å². The van der Waals surface area contributed by atoms with E-state index in [4.69, 9.17) is 14.2 Å². The van der Waals surface area contributed by atoms with Crippen molar-refractivity contribution in [3.8, 4) is 11.5 Å². The van der Waals surface area contributed by atoms with Crippen LogP contribution in [0.1, 0.15) is 18.6 Å². The van der Waals surface area contributed by atoms with E-state index in [2.05, 4.69) is 5.32 Å². The van der Waals surface area contributed by atoms with Crippen molar-refractivity contribution in [2.45, 2.75) is 13.0 Å². The number of hydrogen-bond acceptors (Lipinski definition) is 6. The number of nitrogens with one attached hydrogen (secondary N) is 1. The van der Waals surface area contributed by atoms with Gasteiger partial charge in [0.05, 0.1) is 30.8 Å². The fraction of sp³-hybridized carbons (Fsp3) is 0.417. The molecule has 0 bridgehead atoms. The number of alkyl carbamates (subject to hydrolysis) is 1. The first-order valence-corrected chi connectivity index (χ1v) is 5.73. The normalized spacial score (nSPS) is 11.4. The van der Waals surface area contributed by atoms with Crippen LogP contribution >= 0.6 is 0 Å². The molecule has 0 spiro atoms. The lowest BCUT2D eigenvalue weighted by Crippen LogP contribution is -2.21. The van der Waals surface area contributed by atoms with Crippen LogP contribution in [0.5, 0.6) is 11.5 Å².